The Morgan fingerprint density at radius 1 is 0.722 bits per heavy atom. The Morgan fingerprint density at radius 2 is 1.32 bits per heavy atom. The van der Waals surface area contributed by atoms with Crippen molar-refractivity contribution >= 4 is 47.7 Å². The first-order chi connectivity index (χ1) is 33.8. The van der Waals surface area contributed by atoms with E-state index < -0.39 is 95.2 Å². The molecule has 72 heavy (non-hydrogen) atoms. The van der Waals surface area contributed by atoms with Crippen LogP contribution in [0.3, 0.4) is 0 Å². The van der Waals surface area contributed by atoms with Crippen LogP contribution in [0, 0.1) is 5.92 Å². The molecular formula is C53H81N7O12. The number of unbranched alkanes of at least 4 members (excludes halogenated alkanes) is 2. The second kappa shape index (κ2) is 28.7. The Labute approximate surface area is 425 Å². The number of amides is 7. The van der Waals surface area contributed by atoms with Gasteiger partial charge in [0.25, 0.3) is 5.91 Å². The molecule has 6 atom stereocenters. The lowest BCUT2D eigenvalue weighted by Crippen LogP contribution is -2.60. The van der Waals surface area contributed by atoms with E-state index >= 15 is 0 Å². The molecule has 7 amide bonds. The lowest BCUT2D eigenvalue weighted by atomic mass is 10.0. The molecule has 6 unspecified atom stereocenters. The number of aliphatic carboxylic acids is 1. The highest BCUT2D eigenvalue weighted by Gasteiger charge is 2.43. The normalized spacial score (nSPS) is 16.4. The van der Waals surface area contributed by atoms with Crippen molar-refractivity contribution in [1.29, 1.82) is 0 Å². The third-order valence-corrected chi connectivity index (χ3v) is 11.5. The first kappa shape index (κ1) is 60.1. The SMILES string of the molecule is CCCCc1ccc(-c2ccc(C(=O)NCCC(=O)N3CC(NC(=O)OC(C)(C)C)CC3C(=O)NC(C(=O)NC(CC)C(=O)NC(CCCCNC(=O)OC(C)(C)C)C(=O)O)C(C)OCC(C)C)cc2)cc1. The topological polar surface area (TPSA) is 260 Å². The molecule has 3 rings (SSSR count). The average Bonchev–Trinajstić information content (AvgIpc) is 3.72. The van der Waals surface area contributed by atoms with Gasteiger partial charge in [-0.15, -0.1) is 0 Å². The summed E-state index contributed by atoms with van der Waals surface area (Å²) < 4.78 is 16.7. The van der Waals surface area contributed by atoms with E-state index in [9.17, 15) is 43.5 Å². The largest absolute Gasteiger partial charge is 0.480 e. The highest BCUT2D eigenvalue weighted by atomic mass is 16.6. The van der Waals surface area contributed by atoms with Crippen molar-refractivity contribution in [2.45, 2.75) is 181 Å². The molecule has 0 bridgehead atoms. The molecule has 0 saturated carbocycles. The molecule has 400 valence electrons. The quantitative estimate of drug-likeness (QED) is 0.0535. The van der Waals surface area contributed by atoms with E-state index in [0.29, 0.717) is 18.4 Å². The van der Waals surface area contributed by atoms with E-state index in [1.54, 1.807) is 67.5 Å². The van der Waals surface area contributed by atoms with Gasteiger partial charge in [-0.2, -0.15) is 0 Å². The number of likely N-dealkylation sites (tertiary alicyclic amines) is 1. The van der Waals surface area contributed by atoms with E-state index in [1.807, 2.05) is 26.0 Å². The van der Waals surface area contributed by atoms with E-state index in [1.165, 1.54) is 10.5 Å². The summed E-state index contributed by atoms with van der Waals surface area (Å²) in [6, 6.07) is 9.69. The van der Waals surface area contributed by atoms with Crippen LogP contribution in [0.2, 0.25) is 0 Å². The first-order valence-corrected chi connectivity index (χ1v) is 25.3. The smallest absolute Gasteiger partial charge is 0.407 e. The van der Waals surface area contributed by atoms with E-state index in [4.69, 9.17) is 14.2 Å². The average molecular weight is 1010 g/mol. The number of nitrogens with zero attached hydrogens (tertiary/aromatic N) is 1. The highest BCUT2D eigenvalue weighted by molar-refractivity contribution is 5.96. The van der Waals surface area contributed by atoms with Gasteiger partial charge in [0, 0.05) is 38.2 Å². The summed E-state index contributed by atoms with van der Waals surface area (Å²) in [5, 5.41) is 26.0. The molecule has 19 heteroatoms. The zero-order chi connectivity index (χ0) is 53.8. The number of carbonyl (C=O) groups excluding carboxylic acids is 7. The maximum absolute atomic E-state index is 14.4. The summed E-state index contributed by atoms with van der Waals surface area (Å²) in [5.41, 5.74) is 2.14. The van der Waals surface area contributed by atoms with Crippen LogP contribution < -0.4 is 31.9 Å². The molecule has 1 fully saturated rings. The van der Waals surface area contributed by atoms with Crippen molar-refractivity contribution in [2.24, 2.45) is 5.92 Å². The fraction of sp³-hybridized carbons (Fsp3) is 0.623. The second-order valence-corrected chi connectivity index (χ2v) is 20.7. The van der Waals surface area contributed by atoms with Crippen LogP contribution >= 0.6 is 0 Å². The number of aryl methyl sites for hydroxylation is 1. The molecule has 0 radical (unpaired) electrons. The monoisotopic (exact) mass is 1010 g/mol. The fourth-order valence-corrected chi connectivity index (χ4v) is 7.73. The number of hydrogen-bond donors (Lipinski definition) is 7. The Morgan fingerprint density at radius 3 is 1.89 bits per heavy atom. The molecule has 0 spiro atoms. The van der Waals surface area contributed by atoms with E-state index in [0.717, 1.165) is 30.4 Å². The second-order valence-electron chi connectivity index (χ2n) is 20.7. The van der Waals surface area contributed by atoms with E-state index in [2.05, 4.69) is 63.1 Å². The lowest BCUT2D eigenvalue weighted by molar-refractivity contribution is -0.143. The number of nitrogens with one attached hydrogen (secondary N) is 6. The Kier molecular flexibility index (Phi) is 24.0. The van der Waals surface area contributed by atoms with Gasteiger partial charge in [-0.25, -0.2) is 14.4 Å². The summed E-state index contributed by atoms with van der Waals surface area (Å²) in [4.78, 5) is 107. The minimum Gasteiger partial charge on any atom is -0.480 e. The highest BCUT2D eigenvalue weighted by Crippen LogP contribution is 2.23. The van der Waals surface area contributed by atoms with Crippen molar-refractivity contribution in [3.05, 3.63) is 59.7 Å². The van der Waals surface area contributed by atoms with Crippen molar-refractivity contribution < 1.29 is 57.7 Å². The van der Waals surface area contributed by atoms with Crippen molar-refractivity contribution in [1.82, 2.24) is 36.8 Å². The van der Waals surface area contributed by atoms with Crippen molar-refractivity contribution in [2.75, 3.05) is 26.2 Å². The minimum atomic E-state index is -1.39. The number of carboxylic acid groups (broad SMARTS) is 1. The van der Waals surface area contributed by atoms with Gasteiger partial charge in [0.2, 0.25) is 23.6 Å². The zero-order valence-electron chi connectivity index (χ0n) is 44.2. The molecule has 1 aliphatic heterocycles. The van der Waals surface area contributed by atoms with Crippen LogP contribution in [0.25, 0.3) is 11.1 Å². The Bertz CT molecular complexity index is 2120. The third kappa shape index (κ3) is 21.2. The third-order valence-electron chi connectivity index (χ3n) is 11.5. The van der Waals surface area contributed by atoms with Gasteiger partial charge in [-0.1, -0.05) is 70.5 Å². The van der Waals surface area contributed by atoms with Gasteiger partial charge in [0.1, 0.15) is 35.4 Å². The molecule has 2 aromatic rings. The maximum atomic E-state index is 14.4. The number of ether oxygens (including phenoxy) is 3. The number of carbonyl (C=O) groups is 8. The van der Waals surface area contributed by atoms with Crippen LogP contribution in [0.4, 0.5) is 9.59 Å². The van der Waals surface area contributed by atoms with Gasteiger partial charge in [-0.3, -0.25) is 24.0 Å². The Hall–Kier alpha value is -6.24. The molecule has 0 aromatic heterocycles. The number of alkyl carbamates (subject to hydrolysis) is 2. The first-order valence-electron chi connectivity index (χ1n) is 25.3. The number of rotatable bonds is 26. The molecule has 1 aliphatic rings. The van der Waals surface area contributed by atoms with Crippen molar-refractivity contribution in [3.8, 4) is 11.1 Å². The standard InChI is InChI=1S/C53H81N7O12/c1-12-14-17-35-19-21-36(22-20-35)37-23-25-38(26-24-37)45(62)54-29-27-43(61)60-31-39(56-51(69)72-53(9,10)11)30-42(60)47(64)59-44(34(5)70-32-33(3)4)48(65)57-40(13-2)46(63)58-41(49(66)67)18-15-16-28-55-50(68)71-52(6,7)8/h19-26,33-34,39-42,44H,12-18,27-32H2,1-11H3,(H,54,62)(H,55,68)(H,56,69)(H,57,65)(H,58,63)(H,59,64)(H,66,67). The van der Waals surface area contributed by atoms with Crippen LogP contribution in [0.1, 0.15) is 143 Å². The molecular weight excluding hydrogens is 927 g/mol. The number of hydrogen-bond acceptors (Lipinski definition) is 11. The summed E-state index contributed by atoms with van der Waals surface area (Å²) in [6.45, 7) is 19.8. The maximum Gasteiger partial charge on any atom is 0.407 e. The van der Waals surface area contributed by atoms with Crippen LogP contribution in [-0.2, 0) is 44.6 Å². The van der Waals surface area contributed by atoms with Crippen LogP contribution in [-0.4, -0.2) is 131 Å². The molecule has 1 saturated heterocycles. The molecule has 2 aromatic carbocycles. The fourth-order valence-electron chi connectivity index (χ4n) is 7.73. The molecule has 19 nitrogen and oxygen atoms in total. The predicted molar refractivity (Wildman–Crippen MR) is 273 cm³/mol. The zero-order valence-corrected chi connectivity index (χ0v) is 44.2. The molecule has 7 N–H and O–H groups in total. The van der Waals surface area contributed by atoms with Gasteiger partial charge < -0.3 is 56.1 Å². The summed E-state index contributed by atoms with van der Waals surface area (Å²) in [7, 11) is 0. The summed E-state index contributed by atoms with van der Waals surface area (Å²) >= 11 is 0. The Balaban J connectivity index is 1.73. The van der Waals surface area contributed by atoms with Gasteiger partial charge in [0.15, 0.2) is 0 Å². The molecule has 0 aliphatic carbocycles. The van der Waals surface area contributed by atoms with Crippen molar-refractivity contribution in [3.63, 3.8) is 0 Å². The van der Waals surface area contributed by atoms with Crippen LogP contribution in [0.15, 0.2) is 48.5 Å². The van der Waals surface area contributed by atoms with Gasteiger partial charge in [-0.05, 0) is 128 Å². The number of carboxylic acids is 1. The van der Waals surface area contributed by atoms with Gasteiger partial charge in [0.05, 0.1) is 12.1 Å². The number of benzene rings is 2. The van der Waals surface area contributed by atoms with Gasteiger partial charge >= 0.3 is 18.2 Å². The summed E-state index contributed by atoms with van der Waals surface area (Å²) in [6.07, 6.45) is 1.57. The minimum absolute atomic E-state index is 0.0376. The van der Waals surface area contributed by atoms with E-state index in [-0.39, 0.29) is 57.8 Å². The summed E-state index contributed by atoms with van der Waals surface area (Å²) in [5.74, 6) is -4.42. The lowest BCUT2D eigenvalue weighted by Gasteiger charge is -2.30. The molecule has 1 heterocycles. The van der Waals surface area contributed by atoms with Crippen LogP contribution in [0.5, 0.6) is 0 Å². The predicted octanol–water partition coefficient (Wildman–Crippen LogP) is 6.02.